The summed E-state index contributed by atoms with van der Waals surface area (Å²) in [5.41, 5.74) is -0.182. The Morgan fingerprint density at radius 3 is 2.42 bits per heavy atom. The minimum absolute atomic E-state index is 0.000487. The van der Waals surface area contributed by atoms with Crippen LogP contribution in [-0.2, 0) is 10.2 Å². The van der Waals surface area contributed by atoms with Crippen LogP contribution in [0.2, 0.25) is 0 Å². The SMILES string of the molecule is CC(C)N(C)S(=O)(=O)N1CCNCC12CCCCC2. The Labute approximate surface area is 117 Å². The van der Waals surface area contributed by atoms with Gasteiger partial charge in [0.1, 0.15) is 0 Å². The van der Waals surface area contributed by atoms with Crippen molar-refractivity contribution < 1.29 is 8.42 Å². The minimum Gasteiger partial charge on any atom is -0.314 e. The van der Waals surface area contributed by atoms with Gasteiger partial charge in [-0.3, -0.25) is 0 Å². The Bertz CT molecular complexity index is 394. The zero-order valence-electron chi connectivity index (χ0n) is 12.4. The molecule has 1 aliphatic carbocycles. The van der Waals surface area contributed by atoms with Crippen LogP contribution < -0.4 is 5.32 Å². The van der Waals surface area contributed by atoms with Crippen LogP contribution in [0.4, 0.5) is 0 Å². The lowest BCUT2D eigenvalue weighted by Crippen LogP contribution is -2.65. The van der Waals surface area contributed by atoms with Crippen LogP contribution in [0.25, 0.3) is 0 Å². The summed E-state index contributed by atoms with van der Waals surface area (Å²) in [6, 6.07) is 0.000487. The van der Waals surface area contributed by atoms with Crippen LogP contribution in [0, 0.1) is 0 Å². The summed E-state index contributed by atoms with van der Waals surface area (Å²) in [6.45, 7) is 6.01. The normalized spacial score (nSPS) is 25.3. The number of nitrogens with zero attached hydrogens (tertiary/aromatic N) is 2. The van der Waals surface area contributed by atoms with Crippen LogP contribution in [0.5, 0.6) is 0 Å². The number of nitrogens with one attached hydrogen (secondary N) is 1. The number of piperazine rings is 1. The van der Waals surface area contributed by atoms with Gasteiger partial charge in [0.2, 0.25) is 0 Å². The smallest absolute Gasteiger partial charge is 0.282 e. The van der Waals surface area contributed by atoms with Gasteiger partial charge in [-0.15, -0.1) is 0 Å². The third kappa shape index (κ3) is 2.82. The van der Waals surface area contributed by atoms with E-state index in [0.29, 0.717) is 6.54 Å². The van der Waals surface area contributed by atoms with Crippen LogP contribution in [-0.4, -0.2) is 55.3 Å². The fourth-order valence-corrected chi connectivity index (χ4v) is 5.15. The van der Waals surface area contributed by atoms with Gasteiger partial charge in [-0.2, -0.15) is 17.0 Å². The van der Waals surface area contributed by atoms with Crippen molar-refractivity contribution in [3.8, 4) is 0 Å². The standard InChI is InChI=1S/C13H27N3O2S/c1-12(2)15(3)19(17,18)16-10-9-14-11-13(16)7-5-4-6-8-13/h12,14H,4-11H2,1-3H3. The van der Waals surface area contributed by atoms with Crippen LogP contribution in [0.1, 0.15) is 46.0 Å². The molecule has 2 fully saturated rings. The molecule has 5 nitrogen and oxygen atoms in total. The fourth-order valence-electron chi connectivity index (χ4n) is 3.25. The second-order valence-corrected chi connectivity index (χ2v) is 8.06. The lowest BCUT2D eigenvalue weighted by atomic mass is 9.80. The van der Waals surface area contributed by atoms with E-state index in [0.717, 1.165) is 38.8 Å². The Morgan fingerprint density at radius 2 is 1.84 bits per heavy atom. The molecule has 0 amide bonds. The van der Waals surface area contributed by atoms with Crippen molar-refractivity contribution in [2.75, 3.05) is 26.7 Å². The maximum atomic E-state index is 12.8. The lowest BCUT2D eigenvalue weighted by Gasteiger charge is -2.49. The van der Waals surface area contributed by atoms with E-state index < -0.39 is 10.2 Å². The van der Waals surface area contributed by atoms with Crippen molar-refractivity contribution in [1.82, 2.24) is 13.9 Å². The van der Waals surface area contributed by atoms with E-state index in [9.17, 15) is 8.42 Å². The summed E-state index contributed by atoms with van der Waals surface area (Å²) in [5.74, 6) is 0. The van der Waals surface area contributed by atoms with E-state index in [-0.39, 0.29) is 11.6 Å². The molecule has 0 aromatic carbocycles. The molecule has 1 aliphatic heterocycles. The predicted octanol–water partition coefficient (Wildman–Crippen LogP) is 1.18. The summed E-state index contributed by atoms with van der Waals surface area (Å²) in [5, 5.41) is 3.39. The van der Waals surface area contributed by atoms with Crippen molar-refractivity contribution >= 4 is 10.2 Å². The highest BCUT2D eigenvalue weighted by Crippen LogP contribution is 2.37. The van der Waals surface area contributed by atoms with Gasteiger partial charge in [0.25, 0.3) is 10.2 Å². The molecule has 2 rings (SSSR count). The second-order valence-electron chi connectivity index (χ2n) is 6.15. The quantitative estimate of drug-likeness (QED) is 0.849. The number of hydrogen-bond acceptors (Lipinski definition) is 3. The summed E-state index contributed by atoms with van der Waals surface area (Å²) < 4.78 is 28.9. The largest absolute Gasteiger partial charge is 0.314 e. The first-order valence-corrected chi connectivity index (χ1v) is 8.76. The molecule has 2 aliphatic rings. The zero-order chi connectivity index (χ0) is 14.1. The molecule has 6 heteroatoms. The molecule has 0 aromatic rings. The molecule has 1 N–H and O–H groups in total. The molecule has 112 valence electrons. The highest BCUT2D eigenvalue weighted by molar-refractivity contribution is 7.86. The Morgan fingerprint density at radius 1 is 1.21 bits per heavy atom. The molecule has 0 unspecified atom stereocenters. The van der Waals surface area contributed by atoms with Crippen molar-refractivity contribution in [3.63, 3.8) is 0 Å². The fraction of sp³-hybridized carbons (Fsp3) is 1.00. The van der Waals surface area contributed by atoms with E-state index in [1.165, 1.54) is 10.7 Å². The molecule has 0 aromatic heterocycles. The number of rotatable bonds is 3. The lowest BCUT2D eigenvalue weighted by molar-refractivity contribution is 0.0935. The molecule has 0 atom stereocenters. The molecule has 1 heterocycles. The predicted molar refractivity (Wildman–Crippen MR) is 77.2 cm³/mol. The van der Waals surface area contributed by atoms with E-state index >= 15 is 0 Å². The molecular formula is C13H27N3O2S. The Balaban J connectivity index is 2.29. The maximum Gasteiger partial charge on any atom is 0.282 e. The van der Waals surface area contributed by atoms with Crippen LogP contribution in [0.15, 0.2) is 0 Å². The average molecular weight is 289 g/mol. The molecule has 1 spiro atoms. The van der Waals surface area contributed by atoms with Gasteiger partial charge in [0, 0.05) is 38.3 Å². The minimum atomic E-state index is -3.34. The zero-order valence-corrected chi connectivity index (χ0v) is 13.2. The molecule has 19 heavy (non-hydrogen) atoms. The second kappa shape index (κ2) is 5.68. The van der Waals surface area contributed by atoms with Crippen molar-refractivity contribution in [3.05, 3.63) is 0 Å². The summed E-state index contributed by atoms with van der Waals surface area (Å²) in [6.07, 6.45) is 5.49. The Hall–Kier alpha value is -0.170. The van der Waals surface area contributed by atoms with Gasteiger partial charge in [-0.25, -0.2) is 0 Å². The topological polar surface area (TPSA) is 52.7 Å². The van der Waals surface area contributed by atoms with E-state index in [1.807, 2.05) is 13.8 Å². The summed E-state index contributed by atoms with van der Waals surface area (Å²) in [4.78, 5) is 0. The van der Waals surface area contributed by atoms with Gasteiger partial charge in [-0.1, -0.05) is 19.3 Å². The third-order valence-electron chi connectivity index (χ3n) is 4.63. The van der Waals surface area contributed by atoms with Gasteiger partial charge >= 0.3 is 0 Å². The summed E-state index contributed by atoms with van der Waals surface area (Å²) >= 11 is 0. The number of hydrogen-bond donors (Lipinski definition) is 1. The van der Waals surface area contributed by atoms with Gasteiger partial charge in [0.05, 0.1) is 0 Å². The monoisotopic (exact) mass is 289 g/mol. The molecular weight excluding hydrogens is 262 g/mol. The Kier molecular flexibility index (Phi) is 4.55. The van der Waals surface area contributed by atoms with E-state index in [4.69, 9.17) is 0 Å². The van der Waals surface area contributed by atoms with Crippen molar-refractivity contribution in [2.24, 2.45) is 0 Å². The molecule has 1 saturated carbocycles. The van der Waals surface area contributed by atoms with Gasteiger partial charge in [-0.05, 0) is 26.7 Å². The van der Waals surface area contributed by atoms with Crippen molar-refractivity contribution in [2.45, 2.75) is 57.5 Å². The van der Waals surface area contributed by atoms with E-state index in [1.54, 1.807) is 11.4 Å². The first-order valence-electron chi connectivity index (χ1n) is 7.37. The van der Waals surface area contributed by atoms with Crippen molar-refractivity contribution in [1.29, 1.82) is 0 Å². The van der Waals surface area contributed by atoms with Gasteiger partial charge < -0.3 is 5.32 Å². The van der Waals surface area contributed by atoms with Crippen LogP contribution >= 0.6 is 0 Å². The average Bonchev–Trinajstić information content (AvgIpc) is 2.39. The molecule has 0 bridgehead atoms. The molecule has 1 saturated heterocycles. The maximum absolute atomic E-state index is 12.8. The first-order chi connectivity index (χ1) is 8.90. The van der Waals surface area contributed by atoms with E-state index in [2.05, 4.69) is 5.32 Å². The first kappa shape index (κ1) is 15.2. The van der Waals surface area contributed by atoms with Gasteiger partial charge in [0.15, 0.2) is 0 Å². The van der Waals surface area contributed by atoms with Crippen LogP contribution in [0.3, 0.4) is 0 Å². The molecule has 0 radical (unpaired) electrons. The highest BCUT2D eigenvalue weighted by Gasteiger charge is 2.47. The highest BCUT2D eigenvalue weighted by atomic mass is 32.2. The summed E-state index contributed by atoms with van der Waals surface area (Å²) in [7, 11) is -1.65. The third-order valence-corrected chi connectivity index (χ3v) is 6.91.